The number of aromatic nitrogens is 2. The van der Waals surface area contributed by atoms with Crippen LogP contribution in [0.2, 0.25) is 0 Å². The lowest BCUT2D eigenvalue weighted by Crippen LogP contribution is -2.50. The highest BCUT2D eigenvalue weighted by Gasteiger charge is 2.25. The van der Waals surface area contributed by atoms with Gasteiger partial charge in [0, 0.05) is 38.3 Å². The molecule has 2 amide bonds. The van der Waals surface area contributed by atoms with Crippen LogP contribution in [-0.4, -0.2) is 41.0 Å². The molecule has 0 aromatic carbocycles. The molecule has 1 atom stereocenters. The molecule has 0 radical (unpaired) electrons. The topological polar surface area (TPSA) is 79.3 Å². The van der Waals surface area contributed by atoms with E-state index < -0.39 is 0 Å². The van der Waals surface area contributed by atoms with Gasteiger partial charge in [0.25, 0.3) is 5.56 Å². The number of aryl methyl sites for hydroxylation is 1. The SMILES string of the molecule is Cn1nc(N2CCCCC2CNC(=O)NC2CCCCCC2)ccc1=O. The standard InChI is InChI=1S/C19H31N5O2/c1-23-18(25)12-11-17(22-23)24-13-7-6-10-16(24)14-20-19(26)21-15-8-4-2-3-5-9-15/h11-12,15-16H,2-10,13-14H2,1H3,(H2,20,21,26). The Bertz CT molecular complexity index is 652. The van der Waals surface area contributed by atoms with Gasteiger partial charge in [0.15, 0.2) is 0 Å². The maximum Gasteiger partial charge on any atom is 0.315 e. The molecule has 2 fully saturated rings. The van der Waals surface area contributed by atoms with Gasteiger partial charge in [-0.15, -0.1) is 0 Å². The van der Waals surface area contributed by atoms with Gasteiger partial charge in [-0.25, -0.2) is 9.48 Å². The molecule has 1 aromatic rings. The van der Waals surface area contributed by atoms with E-state index in [1.54, 1.807) is 19.2 Å². The summed E-state index contributed by atoms with van der Waals surface area (Å²) < 4.78 is 1.37. The molecule has 144 valence electrons. The van der Waals surface area contributed by atoms with Crippen molar-refractivity contribution in [3.63, 3.8) is 0 Å². The first-order valence-corrected chi connectivity index (χ1v) is 9.99. The van der Waals surface area contributed by atoms with Crippen LogP contribution >= 0.6 is 0 Å². The van der Waals surface area contributed by atoms with Crippen LogP contribution in [0, 0.1) is 0 Å². The van der Waals surface area contributed by atoms with Gasteiger partial charge in [-0.1, -0.05) is 25.7 Å². The van der Waals surface area contributed by atoms with Gasteiger partial charge >= 0.3 is 6.03 Å². The maximum atomic E-state index is 12.3. The van der Waals surface area contributed by atoms with Crippen molar-refractivity contribution in [3.8, 4) is 0 Å². The van der Waals surface area contributed by atoms with Gasteiger partial charge in [0.2, 0.25) is 0 Å². The second kappa shape index (κ2) is 9.05. The maximum absolute atomic E-state index is 12.3. The van der Waals surface area contributed by atoms with Crippen LogP contribution in [0.15, 0.2) is 16.9 Å². The smallest absolute Gasteiger partial charge is 0.315 e. The molecular formula is C19H31N5O2. The monoisotopic (exact) mass is 361 g/mol. The van der Waals surface area contributed by atoms with Crippen molar-refractivity contribution in [2.75, 3.05) is 18.0 Å². The minimum absolute atomic E-state index is 0.0594. The van der Waals surface area contributed by atoms with Gasteiger partial charge in [-0.2, -0.15) is 5.10 Å². The Hall–Kier alpha value is -2.05. The summed E-state index contributed by atoms with van der Waals surface area (Å²) in [5.74, 6) is 0.808. The number of urea groups is 1. The number of nitrogens with one attached hydrogen (secondary N) is 2. The van der Waals surface area contributed by atoms with Crippen LogP contribution < -0.4 is 21.1 Å². The summed E-state index contributed by atoms with van der Waals surface area (Å²) in [4.78, 5) is 26.1. The molecule has 0 spiro atoms. The molecule has 7 heteroatoms. The molecule has 1 aliphatic heterocycles. The fraction of sp³-hybridized carbons (Fsp3) is 0.737. The van der Waals surface area contributed by atoms with E-state index >= 15 is 0 Å². The number of hydrogen-bond donors (Lipinski definition) is 2. The third kappa shape index (κ3) is 4.99. The Morgan fingerprint density at radius 1 is 1.12 bits per heavy atom. The van der Waals surface area contributed by atoms with Crippen molar-refractivity contribution in [2.45, 2.75) is 69.9 Å². The first-order chi connectivity index (χ1) is 12.6. The molecule has 1 saturated heterocycles. The molecule has 1 aromatic heterocycles. The highest BCUT2D eigenvalue weighted by molar-refractivity contribution is 5.74. The zero-order valence-electron chi connectivity index (χ0n) is 15.7. The lowest BCUT2D eigenvalue weighted by molar-refractivity contribution is 0.234. The molecule has 1 aliphatic carbocycles. The van der Waals surface area contributed by atoms with E-state index in [1.807, 2.05) is 0 Å². The van der Waals surface area contributed by atoms with Crippen molar-refractivity contribution in [3.05, 3.63) is 22.5 Å². The zero-order valence-corrected chi connectivity index (χ0v) is 15.7. The third-order valence-corrected chi connectivity index (χ3v) is 5.56. The normalized spacial score (nSPS) is 21.9. The predicted molar refractivity (Wildman–Crippen MR) is 102 cm³/mol. The minimum atomic E-state index is -0.108. The van der Waals surface area contributed by atoms with Crippen molar-refractivity contribution in [1.29, 1.82) is 0 Å². The lowest BCUT2D eigenvalue weighted by atomic mass is 10.0. The van der Waals surface area contributed by atoms with Crippen LogP contribution in [0.25, 0.3) is 0 Å². The number of carbonyl (C=O) groups is 1. The summed E-state index contributed by atoms with van der Waals surface area (Å²) in [6, 6.07) is 3.81. The van der Waals surface area contributed by atoms with E-state index in [4.69, 9.17) is 0 Å². The molecular weight excluding hydrogens is 330 g/mol. The fourth-order valence-electron chi connectivity index (χ4n) is 4.03. The fourth-order valence-corrected chi connectivity index (χ4v) is 4.03. The second-order valence-corrected chi connectivity index (χ2v) is 7.54. The van der Waals surface area contributed by atoms with Gasteiger partial charge < -0.3 is 15.5 Å². The van der Waals surface area contributed by atoms with Gasteiger partial charge in [-0.3, -0.25) is 4.79 Å². The first kappa shape index (κ1) is 18.7. The molecule has 2 aliphatic rings. The average Bonchev–Trinajstić information content (AvgIpc) is 2.91. The highest BCUT2D eigenvalue weighted by Crippen LogP contribution is 2.22. The number of anilines is 1. The van der Waals surface area contributed by atoms with Crippen LogP contribution in [0.5, 0.6) is 0 Å². The van der Waals surface area contributed by atoms with Gasteiger partial charge in [0.05, 0.1) is 0 Å². The van der Waals surface area contributed by atoms with Gasteiger partial charge in [0.1, 0.15) is 5.82 Å². The average molecular weight is 361 g/mol. The summed E-state index contributed by atoms with van der Waals surface area (Å²) in [6.07, 6.45) is 10.4. The van der Waals surface area contributed by atoms with Crippen molar-refractivity contribution in [1.82, 2.24) is 20.4 Å². The molecule has 1 saturated carbocycles. The van der Waals surface area contributed by atoms with Crippen molar-refractivity contribution < 1.29 is 4.79 Å². The molecule has 2 N–H and O–H groups in total. The van der Waals surface area contributed by atoms with Crippen LogP contribution in [0.1, 0.15) is 57.8 Å². The van der Waals surface area contributed by atoms with E-state index in [-0.39, 0.29) is 17.6 Å². The summed E-state index contributed by atoms with van der Waals surface area (Å²) in [6.45, 7) is 1.50. The molecule has 1 unspecified atom stereocenters. The number of carbonyl (C=O) groups excluding carboxylic acids is 1. The Morgan fingerprint density at radius 3 is 2.58 bits per heavy atom. The third-order valence-electron chi connectivity index (χ3n) is 5.56. The van der Waals surface area contributed by atoms with Crippen molar-refractivity contribution >= 4 is 11.8 Å². The van der Waals surface area contributed by atoms with Crippen molar-refractivity contribution in [2.24, 2.45) is 7.05 Å². The van der Waals surface area contributed by atoms with E-state index in [0.29, 0.717) is 12.6 Å². The Morgan fingerprint density at radius 2 is 1.85 bits per heavy atom. The summed E-state index contributed by atoms with van der Waals surface area (Å²) in [7, 11) is 1.67. The summed E-state index contributed by atoms with van der Waals surface area (Å²) in [5, 5.41) is 10.6. The van der Waals surface area contributed by atoms with E-state index in [9.17, 15) is 9.59 Å². The van der Waals surface area contributed by atoms with E-state index in [1.165, 1.54) is 30.4 Å². The Labute approximate surface area is 155 Å². The lowest BCUT2D eigenvalue weighted by Gasteiger charge is -2.36. The van der Waals surface area contributed by atoms with Crippen LogP contribution in [-0.2, 0) is 7.05 Å². The number of hydrogen-bond acceptors (Lipinski definition) is 4. The predicted octanol–water partition coefficient (Wildman–Crippen LogP) is 2.16. The van der Waals surface area contributed by atoms with E-state index in [0.717, 1.165) is 44.5 Å². The molecule has 3 rings (SSSR count). The Kier molecular flexibility index (Phi) is 6.52. The van der Waals surface area contributed by atoms with Crippen LogP contribution in [0.3, 0.4) is 0 Å². The summed E-state index contributed by atoms with van der Waals surface area (Å²) in [5.41, 5.74) is -0.108. The molecule has 26 heavy (non-hydrogen) atoms. The largest absolute Gasteiger partial charge is 0.350 e. The number of amides is 2. The number of piperidine rings is 1. The molecule has 2 heterocycles. The van der Waals surface area contributed by atoms with E-state index in [2.05, 4.69) is 20.6 Å². The number of nitrogens with zero attached hydrogens (tertiary/aromatic N) is 3. The molecule has 7 nitrogen and oxygen atoms in total. The summed E-state index contributed by atoms with van der Waals surface area (Å²) >= 11 is 0. The minimum Gasteiger partial charge on any atom is -0.350 e. The first-order valence-electron chi connectivity index (χ1n) is 9.99. The highest BCUT2D eigenvalue weighted by atomic mass is 16.2. The second-order valence-electron chi connectivity index (χ2n) is 7.54. The quantitative estimate of drug-likeness (QED) is 0.806. The van der Waals surface area contributed by atoms with Gasteiger partial charge in [-0.05, 0) is 38.2 Å². The van der Waals surface area contributed by atoms with Crippen LogP contribution in [0.4, 0.5) is 10.6 Å². The molecule has 0 bridgehead atoms. The number of rotatable bonds is 4. The zero-order chi connectivity index (χ0) is 18.4. The Balaban J connectivity index is 1.55.